The van der Waals surface area contributed by atoms with Crippen LogP contribution < -0.4 is 0 Å². The fourth-order valence-electron chi connectivity index (χ4n) is 1.34. The van der Waals surface area contributed by atoms with Gasteiger partial charge >= 0.3 is 0 Å². The van der Waals surface area contributed by atoms with E-state index < -0.39 is 4.92 Å². The van der Waals surface area contributed by atoms with Gasteiger partial charge in [0, 0.05) is 17.5 Å². The van der Waals surface area contributed by atoms with Crippen molar-refractivity contribution in [1.82, 2.24) is 0 Å². The van der Waals surface area contributed by atoms with E-state index in [1.165, 1.54) is 13.0 Å². The van der Waals surface area contributed by atoms with E-state index in [0.717, 1.165) is 0 Å². The first-order valence-corrected chi connectivity index (χ1v) is 4.75. The van der Waals surface area contributed by atoms with Crippen LogP contribution in [0.5, 0.6) is 0 Å². The van der Waals surface area contributed by atoms with Crippen LogP contribution in [0.4, 0.5) is 5.69 Å². The van der Waals surface area contributed by atoms with Gasteiger partial charge in [0.15, 0.2) is 0 Å². The van der Waals surface area contributed by atoms with Gasteiger partial charge in [0.25, 0.3) is 5.69 Å². The Morgan fingerprint density at radius 1 is 1.47 bits per heavy atom. The number of carbonyl (C=O) groups excluding carboxylic acids is 1. The average Bonchev–Trinajstić information content (AvgIpc) is 2.18. The number of Topliss-reactive ketones (excluding diaryl/α,β-unsaturated/α-hetero) is 1. The molecule has 0 aliphatic heterocycles. The maximum atomic E-state index is 11.1. The Bertz CT molecular complexity index is 387. The zero-order chi connectivity index (χ0) is 11.4. The van der Waals surface area contributed by atoms with E-state index in [1.807, 2.05) is 0 Å². The van der Waals surface area contributed by atoms with Crippen LogP contribution in [0, 0.1) is 16.0 Å². The fraction of sp³-hybridized carbons (Fsp3) is 0.364. The van der Waals surface area contributed by atoms with E-state index in [0.29, 0.717) is 12.0 Å². The Labute approximate surface area is 88.1 Å². The van der Waals surface area contributed by atoms with Crippen LogP contribution in [0.2, 0.25) is 0 Å². The van der Waals surface area contributed by atoms with Gasteiger partial charge < -0.3 is 0 Å². The minimum Gasteiger partial charge on any atom is -0.300 e. The molecule has 0 aliphatic carbocycles. The van der Waals surface area contributed by atoms with Gasteiger partial charge in [-0.05, 0) is 13.3 Å². The largest absolute Gasteiger partial charge is 0.300 e. The van der Waals surface area contributed by atoms with Crippen molar-refractivity contribution in [2.45, 2.75) is 20.3 Å². The number of para-hydroxylation sites is 1. The van der Waals surface area contributed by atoms with Crippen molar-refractivity contribution in [3.8, 4) is 0 Å². The Morgan fingerprint density at radius 2 is 2.07 bits per heavy atom. The monoisotopic (exact) mass is 207 g/mol. The van der Waals surface area contributed by atoms with Crippen LogP contribution in [0.3, 0.4) is 0 Å². The topological polar surface area (TPSA) is 60.2 Å². The first-order valence-electron chi connectivity index (χ1n) is 4.75. The molecule has 0 aliphatic rings. The van der Waals surface area contributed by atoms with Crippen molar-refractivity contribution >= 4 is 11.5 Å². The number of carbonyl (C=O) groups is 1. The summed E-state index contributed by atoms with van der Waals surface area (Å²) in [5.41, 5.74) is 0.704. The Kier molecular flexibility index (Phi) is 3.55. The van der Waals surface area contributed by atoms with Crippen LogP contribution in [0.25, 0.3) is 0 Å². The number of benzene rings is 1. The molecule has 0 bridgehead atoms. The molecule has 0 radical (unpaired) electrons. The normalized spacial score (nSPS) is 12.1. The molecule has 15 heavy (non-hydrogen) atoms. The molecule has 1 rings (SSSR count). The highest BCUT2D eigenvalue weighted by atomic mass is 16.6. The lowest BCUT2D eigenvalue weighted by atomic mass is 9.97. The summed E-state index contributed by atoms with van der Waals surface area (Å²) in [4.78, 5) is 21.3. The maximum Gasteiger partial charge on any atom is 0.272 e. The molecule has 0 saturated carbocycles. The van der Waals surface area contributed by atoms with Gasteiger partial charge in [-0.1, -0.05) is 25.1 Å². The van der Waals surface area contributed by atoms with Gasteiger partial charge in [-0.15, -0.1) is 0 Å². The van der Waals surface area contributed by atoms with Gasteiger partial charge in [0.2, 0.25) is 0 Å². The molecular weight excluding hydrogens is 194 g/mol. The molecular formula is C11H13NO3. The summed E-state index contributed by atoms with van der Waals surface area (Å²) in [6, 6.07) is 6.52. The molecule has 0 aromatic heterocycles. The second-order valence-corrected chi connectivity index (χ2v) is 3.60. The SMILES string of the molecule is CC(=O)[C@@H](C)Cc1ccccc1[N+](=O)[O-]. The van der Waals surface area contributed by atoms with E-state index in [4.69, 9.17) is 0 Å². The molecule has 1 aromatic rings. The zero-order valence-electron chi connectivity index (χ0n) is 8.77. The minimum atomic E-state index is -0.414. The highest BCUT2D eigenvalue weighted by molar-refractivity contribution is 5.78. The first-order chi connectivity index (χ1) is 7.02. The highest BCUT2D eigenvalue weighted by Crippen LogP contribution is 2.21. The number of rotatable bonds is 4. The van der Waals surface area contributed by atoms with Gasteiger partial charge in [-0.2, -0.15) is 0 Å². The molecule has 4 nitrogen and oxygen atoms in total. The van der Waals surface area contributed by atoms with Crippen LogP contribution in [-0.4, -0.2) is 10.7 Å². The lowest BCUT2D eigenvalue weighted by molar-refractivity contribution is -0.385. The lowest BCUT2D eigenvalue weighted by Crippen LogP contribution is -2.10. The zero-order valence-corrected chi connectivity index (χ0v) is 8.77. The number of hydrogen-bond donors (Lipinski definition) is 0. The molecule has 0 amide bonds. The average molecular weight is 207 g/mol. The van der Waals surface area contributed by atoms with E-state index in [9.17, 15) is 14.9 Å². The third kappa shape index (κ3) is 2.87. The summed E-state index contributed by atoms with van der Waals surface area (Å²) in [6.45, 7) is 3.28. The standard InChI is InChI=1S/C11H13NO3/c1-8(9(2)13)7-10-5-3-4-6-11(10)12(14)15/h3-6,8H,7H2,1-2H3/t8-/m0/s1. The molecule has 1 atom stereocenters. The van der Waals surface area contributed by atoms with E-state index in [1.54, 1.807) is 25.1 Å². The van der Waals surface area contributed by atoms with Crippen molar-refractivity contribution < 1.29 is 9.72 Å². The van der Waals surface area contributed by atoms with Gasteiger partial charge in [-0.3, -0.25) is 14.9 Å². The molecule has 1 aromatic carbocycles. The summed E-state index contributed by atoms with van der Waals surface area (Å²) < 4.78 is 0. The number of nitro groups is 1. The van der Waals surface area contributed by atoms with Crippen LogP contribution >= 0.6 is 0 Å². The maximum absolute atomic E-state index is 11.1. The Balaban J connectivity index is 2.94. The predicted molar refractivity (Wildman–Crippen MR) is 56.6 cm³/mol. The fourth-order valence-corrected chi connectivity index (χ4v) is 1.34. The summed E-state index contributed by atoms with van der Waals surface area (Å²) >= 11 is 0. The quantitative estimate of drug-likeness (QED) is 0.562. The van der Waals surface area contributed by atoms with E-state index in [2.05, 4.69) is 0 Å². The number of nitro benzene ring substituents is 1. The van der Waals surface area contributed by atoms with Gasteiger partial charge in [0.1, 0.15) is 5.78 Å². The second-order valence-electron chi connectivity index (χ2n) is 3.60. The van der Waals surface area contributed by atoms with Crippen molar-refractivity contribution in [1.29, 1.82) is 0 Å². The number of ketones is 1. The van der Waals surface area contributed by atoms with Crippen LogP contribution in [0.1, 0.15) is 19.4 Å². The first kappa shape index (κ1) is 11.4. The van der Waals surface area contributed by atoms with E-state index in [-0.39, 0.29) is 17.4 Å². The molecule has 0 fully saturated rings. The third-order valence-corrected chi connectivity index (χ3v) is 2.41. The third-order valence-electron chi connectivity index (χ3n) is 2.41. The van der Waals surface area contributed by atoms with Crippen molar-refractivity contribution in [2.24, 2.45) is 5.92 Å². The molecule has 0 heterocycles. The minimum absolute atomic E-state index is 0.0492. The molecule has 0 spiro atoms. The summed E-state index contributed by atoms with van der Waals surface area (Å²) in [6.07, 6.45) is 0.423. The predicted octanol–water partition coefficient (Wildman–Crippen LogP) is 2.36. The number of nitrogens with zero attached hydrogens (tertiary/aromatic N) is 1. The van der Waals surface area contributed by atoms with Crippen LogP contribution in [-0.2, 0) is 11.2 Å². The highest BCUT2D eigenvalue weighted by Gasteiger charge is 2.16. The van der Waals surface area contributed by atoms with Crippen molar-refractivity contribution in [2.75, 3.05) is 0 Å². The molecule has 4 heteroatoms. The Hall–Kier alpha value is -1.71. The van der Waals surface area contributed by atoms with Gasteiger partial charge in [0.05, 0.1) is 4.92 Å². The smallest absolute Gasteiger partial charge is 0.272 e. The molecule has 0 saturated heterocycles. The second kappa shape index (κ2) is 4.68. The van der Waals surface area contributed by atoms with Crippen molar-refractivity contribution in [3.63, 3.8) is 0 Å². The summed E-state index contributed by atoms with van der Waals surface area (Å²) in [7, 11) is 0. The van der Waals surface area contributed by atoms with E-state index >= 15 is 0 Å². The molecule has 80 valence electrons. The molecule has 0 unspecified atom stereocenters. The lowest BCUT2D eigenvalue weighted by Gasteiger charge is -2.07. The molecule has 0 N–H and O–H groups in total. The summed E-state index contributed by atoms with van der Waals surface area (Å²) in [5, 5.41) is 10.7. The summed E-state index contributed by atoms with van der Waals surface area (Å²) in [5.74, 6) is -0.126. The van der Waals surface area contributed by atoms with Crippen LogP contribution in [0.15, 0.2) is 24.3 Å². The Morgan fingerprint density at radius 3 is 2.60 bits per heavy atom. The van der Waals surface area contributed by atoms with Crippen molar-refractivity contribution in [3.05, 3.63) is 39.9 Å². The number of hydrogen-bond acceptors (Lipinski definition) is 3. The van der Waals surface area contributed by atoms with Gasteiger partial charge in [-0.25, -0.2) is 0 Å².